The van der Waals surface area contributed by atoms with Gasteiger partial charge in [-0.1, -0.05) is 11.6 Å². The highest BCUT2D eigenvalue weighted by Gasteiger charge is 2.31. The molecule has 1 aromatic heterocycles. The number of aromatic amines is 1. The Kier molecular flexibility index (Phi) is 8.75. The van der Waals surface area contributed by atoms with E-state index in [0.717, 1.165) is 63.0 Å². The summed E-state index contributed by atoms with van der Waals surface area (Å²) in [5, 5.41) is 21.6. The van der Waals surface area contributed by atoms with Gasteiger partial charge >= 0.3 is 6.18 Å². The minimum atomic E-state index is -4.59. The number of rotatable bonds is 8. The topological polar surface area (TPSA) is 79.8 Å². The number of pyridine rings is 1. The van der Waals surface area contributed by atoms with Gasteiger partial charge in [-0.15, -0.1) is 11.8 Å². The van der Waals surface area contributed by atoms with Crippen molar-refractivity contribution < 1.29 is 23.4 Å². The number of benzene rings is 2. The molecule has 1 unspecified atom stereocenters. The zero-order chi connectivity index (χ0) is 26.7. The molecular formula is C26H29ClF3N3O3S. The van der Waals surface area contributed by atoms with E-state index in [1.54, 1.807) is 0 Å². The summed E-state index contributed by atoms with van der Waals surface area (Å²) in [5.41, 5.74) is -0.898. The Morgan fingerprint density at radius 1 is 1.14 bits per heavy atom. The maximum absolute atomic E-state index is 13.5. The van der Waals surface area contributed by atoms with Gasteiger partial charge in [0.2, 0.25) is 0 Å². The highest BCUT2D eigenvalue weighted by atomic mass is 35.5. The summed E-state index contributed by atoms with van der Waals surface area (Å²) in [6.45, 7) is 4.87. The number of thioether (sulfide) groups is 1. The second-order valence-electron chi connectivity index (χ2n) is 9.33. The average molecular weight is 556 g/mol. The van der Waals surface area contributed by atoms with Gasteiger partial charge in [-0.05, 0) is 62.8 Å². The van der Waals surface area contributed by atoms with E-state index in [1.165, 1.54) is 24.3 Å². The number of aliphatic hydroxyl groups is 1. The van der Waals surface area contributed by atoms with Crippen LogP contribution in [0.2, 0.25) is 5.02 Å². The van der Waals surface area contributed by atoms with Gasteiger partial charge in [0.05, 0.1) is 16.6 Å². The molecule has 1 atom stereocenters. The molecule has 4 rings (SSSR count). The number of H-pyrrole nitrogens is 1. The number of piperazine rings is 1. The number of phenols is 1. The molecule has 200 valence electrons. The Balaban J connectivity index is 1.61. The molecule has 6 nitrogen and oxygen atoms in total. The predicted molar refractivity (Wildman–Crippen MR) is 142 cm³/mol. The van der Waals surface area contributed by atoms with Crippen LogP contribution in [-0.4, -0.2) is 76.6 Å². The molecule has 1 saturated heterocycles. The van der Waals surface area contributed by atoms with Crippen molar-refractivity contribution in [1.82, 2.24) is 14.8 Å². The average Bonchev–Trinajstić information content (AvgIpc) is 2.84. The van der Waals surface area contributed by atoms with E-state index in [0.29, 0.717) is 6.42 Å². The molecule has 2 aromatic carbocycles. The molecule has 3 N–H and O–H groups in total. The Bertz CT molecular complexity index is 1310. The van der Waals surface area contributed by atoms with E-state index in [2.05, 4.69) is 21.8 Å². The number of hydrogen-bond acceptors (Lipinski definition) is 6. The quantitative estimate of drug-likeness (QED) is 0.337. The second-order valence-corrected chi connectivity index (χ2v) is 10.8. The zero-order valence-corrected chi connectivity index (χ0v) is 21.9. The Morgan fingerprint density at radius 3 is 2.57 bits per heavy atom. The standard InChI is InChI=1S/C26H29ClF3N3O3S/c1-32-9-11-33(12-10-32)8-2-3-18(34)15-37-24-23(20-14-17(27)5-7-22(20)35)19-13-16(26(28,29)30)4-6-21(19)31-25(24)36/h4-7,13-14,18,34-35H,2-3,8-12,15H2,1H3,(H,31,36). The van der Waals surface area contributed by atoms with Crippen molar-refractivity contribution in [3.05, 3.63) is 57.3 Å². The summed E-state index contributed by atoms with van der Waals surface area (Å²) < 4.78 is 40.5. The summed E-state index contributed by atoms with van der Waals surface area (Å²) >= 11 is 7.20. The van der Waals surface area contributed by atoms with Gasteiger partial charge in [0.1, 0.15) is 5.75 Å². The first-order valence-electron chi connectivity index (χ1n) is 12.0. The van der Waals surface area contributed by atoms with Crippen LogP contribution in [0.5, 0.6) is 5.75 Å². The number of nitrogens with one attached hydrogen (secondary N) is 1. The van der Waals surface area contributed by atoms with Gasteiger partial charge in [0.15, 0.2) is 0 Å². The van der Waals surface area contributed by atoms with Crippen LogP contribution < -0.4 is 5.56 Å². The molecule has 11 heteroatoms. The summed E-state index contributed by atoms with van der Waals surface area (Å²) in [7, 11) is 2.09. The van der Waals surface area contributed by atoms with E-state index in [-0.39, 0.29) is 43.5 Å². The third kappa shape index (κ3) is 6.80. The molecule has 3 aromatic rings. The van der Waals surface area contributed by atoms with Gasteiger partial charge < -0.3 is 25.0 Å². The smallest absolute Gasteiger partial charge is 0.416 e. The molecular weight excluding hydrogens is 527 g/mol. The van der Waals surface area contributed by atoms with E-state index in [1.807, 2.05) is 0 Å². The maximum Gasteiger partial charge on any atom is 0.416 e. The molecule has 2 heterocycles. The number of aliphatic hydroxyl groups excluding tert-OH is 1. The molecule has 0 saturated carbocycles. The van der Waals surface area contributed by atoms with Crippen LogP contribution in [0.4, 0.5) is 13.2 Å². The third-order valence-electron chi connectivity index (χ3n) is 6.55. The maximum atomic E-state index is 13.5. The lowest BCUT2D eigenvalue weighted by molar-refractivity contribution is -0.137. The van der Waals surface area contributed by atoms with Crippen LogP contribution in [0.1, 0.15) is 18.4 Å². The number of fused-ring (bicyclic) bond motifs is 1. The molecule has 0 bridgehead atoms. The van der Waals surface area contributed by atoms with E-state index >= 15 is 0 Å². The molecule has 0 amide bonds. The lowest BCUT2D eigenvalue weighted by atomic mass is 9.98. The van der Waals surface area contributed by atoms with Gasteiger partial charge in [-0.25, -0.2) is 0 Å². The molecule has 1 fully saturated rings. The largest absolute Gasteiger partial charge is 0.507 e. The fourth-order valence-corrected chi connectivity index (χ4v) is 5.69. The summed E-state index contributed by atoms with van der Waals surface area (Å²) in [5.74, 6) is -0.0479. The second kappa shape index (κ2) is 11.7. The van der Waals surface area contributed by atoms with Crippen LogP contribution in [0, 0.1) is 0 Å². The number of halogens is 4. The van der Waals surface area contributed by atoms with E-state index in [9.17, 15) is 28.2 Å². The molecule has 0 radical (unpaired) electrons. The number of alkyl halides is 3. The van der Waals surface area contributed by atoms with Gasteiger partial charge in [-0.3, -0.25) is 4.79 Å². The molecule has 0 aliphatic carbocycles. The van der Waals surface area contributed by atoms with Crippen LogP contribution >= 0.6 is 23.4 Å². The van der Waals surface area contributed by atoms with Crippen molar-refractivity contribution in [2.75, 3.05) is 45.5 Å². The number of aromatic nitrogens is 1. The summed E-state index contributed by atoms with van der Waals surface area (Å²) in [6.07, 6.45) is -3.99. The number of nitrogens with zero attached hydrogens (tertiary/aromatic N) is 2. The number of hydrogen-bond donors (Lipinski definition) is 3. The first-order valence-corrected chi connectivity index (χ1v) is 13.4. The fourth-order valence-electron chi connectivity index (χ4n) is 4.45. The molecule has 1 aliphatic rings. The monoisotopic (exact) mass is 555 g/mol. The molecule has 1 aliphatic heterocycles. The van der Waals surface area contributed by atoms with E-state index in [4.69, 9.17) is 11.6 Å². The SMILES string of the molecule is CN1CCN(CCCC(O)CSc2c(-c3cc(Cl)ccc3O)c3cc(C(F)(F)F)ccc3[nH]c2=O)CC1. The number of likely N-dealkylation sites (N-methyl/N-ethyl adjacent to an activating group) is 1. The zero-order valence-electron chi connectivity index (χ0n) is 20.3. The first-order chi connectivity index (χ1) is 17.5. The molecule has 37 heavy (non-hydrogen) atoms. The van der Waals surface area contributed by atoms with Gasteiger partial charge in [0.25, 0.3) is 5.56 Å². The van der Waals surface area contributed by atoms with Gasteiger partial charge in [-0.2, -0.15) is 13.2 Å². The van der Waals surface area contributed by atoms with Crippen LogP contribution in [-0.2, 0) is 6.18 Å². The fraction of sp³-hybridized carbons (Fsp3) is 0.423. The third-order valence-corrected chi connectivity index (χ3v) is 8.02. The minimum absolute atomic E-state index is 0.113. The number of phenolic OH excluding ortho intramolecular Hbond substituents is 1. The van der Waals surface area contributed by atoms with Crippen molar-refractivity contribution in [2.24, 2.45) is 0 Å². The van der Waals surface area contributed by atoms with Crippen molar-refractivity contribution in [1.29, 1.82) is 0 Å². The first kappa shape index (κ1) is 27.8. The van der Waals surface area contributed by atoms with Crippen molar-refractivity contribution >= 4 is 34.3 Å². The molecule has 0 spiro atoms. The van der Waals surface area contributed by atoms with Crippen molar-refractivity contribution in [3.8, 4) is 16.9 Å². The Labute approximate surface area is 222 Å². The Hall–Kier alpha value is -2.24. The predicted octanol–water partition coefficient (Wildman–Crippen LogP) is 5.05. The van der Waals surface area contributed by atoms with E-state index < -0.39 is 23.4 Å². The number of aromatic hydroxyl groups is 1. The van der Waals surface area contributed by atoms with Crippen LogP contribution in [0.25, 0.3) is 22.0 Å². The highest BCUT2D eigenvalue weighted by molar-refractivity contribution is 7.99. The normalized spacial score (nSPS) is 16.4. The highest BCUT2D eigenvalue weighted by Crippen LogP contribution is 2.42. The van der Waals surface area contributed by atoms with Gasteiger partial charge in [0, 0.05) is 59.0 Å². The minimum Gasteiger partial charge on any atom is -0.507 e. The summed E-state index contributed by atoms with van der Waals surface area (Å²) in [4.78, 5) is 20.4. The Morgan fingerprint density at radius 2 is 1.86 bits per heavy atom. The van der Waals surface area contributed by atoms with Crippen LogP contribution in [0.3, 0.4) is 0 Å². The van der Waals surface area contributed by atoms with Crippen molar-refractivity contribution in [2.45, 2.75) is 30.0 Å². The van der Waals surface area contributed by atoms with Crippen molar-refractivity contribution in [3.63, 3.8) is 0 Å². The van der Waals surface area contributed by atoms with Crippen LogP contribution in [0.15, 0.2) is 46.1 Å². The lowest BCUT2D eigenvalue weighted by Gasteiger charge is -2.32. The summed E-state index contributed by atoms with van der Waals surface area (Å²) in [6, 6.07) is 7.26. The lowest BCUT2D eigenvalue weighted by Crippen LogP contribution is -2.44.